The predicted octanol–water partition coefficient (Wildman–Crippen LogP) is 1.81. The normalized spacial score (nSPS) is 14.0. The number of hydrogen-bond acceptors (Lipinski definition) is 7. The molecule has 1 saturated heterocycles. The summed E-state index contributed by atoms with van der Waals surface area (Å²) in [5.41, 5.74) is 0.0106. The van der Waals surface area contributed by atoms with E-state index in [-0.39, 0.29) is 22.7 Å². The molecule has 0 bridgehead atoms. The SMILES string of the molecule is COc1ccc(-c2nc(SCC(=O)N3CCCCC3)c3c(=O)n(C)c(=O)n(C)c3n2)cc1. The van der Waals surface area contributed by atoms with Crippen molar-refractivity contribution in [3.8, 4) is 17.1 Å². The number of nitrogens with zero attached hydrogens (tertiary/aromatic N) is 5. The number of aromatic nitrogens is 4. The van der Waals surface area contributed by atoms with Gasteiger partial charge in [-0.25, -0.2) is 14.8 Å². The number of hydrogen-bond donors (Lipinski definition) is 0. The number of thioether (sulfide) groups is 1. The molecule has 0 radical (unpaired) electrons. The monoisotopic (exact) mass is 455 g/mol. The van der Waals surface area contributed by atoms with Crippen molar-refractivity contribution < 1.29 is 9.53 Å². The number of amides is 1. The number of ether oxygens (including phenoxy) is 1. The highest BCUT2D eigenvalue weighted by molar-refractivity contribution is 8.00. The van der Waals surface area contributed by atoms with E-state index in [0.29, 0.717) is 22.2 Å². The van der Waals surface area contributed by atoms with Gasteiger partial charge in [0.2, 0.25) is 5.91 Å². The highest BCUT2D eigenvalue weighted by Gasteiger charge is 2.21. The Morgan fingerprint density at radius 3 is 2.38 bits per heavy atom. The van der Waals surface area contributed by atoms with Gasteiger partial charge < -0.3 is 9.64 Å². The zero-order valence-corrected chi connectivity index (χ0v) is 19.1. The van der Waals surface area contributed by atoms with E-state index >= 15 is 0 Å². The van der Waals surface area contributed by atoms with Crippen molar-refractivity contribution >= 4 is 28.7 Å². The minimum absolute atomic E-state index is 0.0223. The predicted molar refractivity (Wildman–Crippen MR) is 123 cm³/mol. The topological polar surface area (TPSA) is 99.3 Å². The molecule has 3 aromatic rings. The number of rotatable bonds is 5. The average molecular weight is 456 g/mol. The van der Waals surface area contributed by atoms with Gasteiger partial charge in [0.05, 0.1) is 12.9 Å². The zero-order valence-electron chi connectivity index (χ0n) is 18.3. The molecule has 10 heteroatoms. The third-order valence-corrected chi connectivity index (χ3v) is 6.62. The smallest absolute Gasteiger partial charge is 0.332 e. The second kappa shape index (κ2) is 9.15. The summed E-state index contributed by atoms with van der Waals surface area (Å²) in [6, 6.07) is 7.20. The van der Waals surface area contributed by atoms with Crippen LogP contribution in [-0.2, 0) is 18.9 Å². The third kappa shape index (κ3) is 4.14. The third-order valence-electron chi connectivity index (χ3n) is 5.66. The first-order valence-electron chi connectivity index (χ1n) is 10.4. The van der Waals surface area contributed by atoms with Gasteiger partial charge in [-0.05, 0) is 43.5 Å². The Hall–Kier alpha value is -3.14. The fourth-order valence-corrected chi connectivity index (χ4v) is 4.68. The molecule has 32 heavy (non-hydrogen) atoms. The van der Waals surface area contributed by atoms with Crippen molar-refractivity contribution in [1.82, 2.24) is 24.0 Å². The number of likely N-dealkylation sites (tertiary alicyclic amines) is 1. The van der Waals surface area contributed by atoms with Crippen molar-refractivity contribution in [2.24, 2.45) is 14.1 Å². The molecule has 1 amide bonds. The van der Waals surface area contributed by atoms with Gasteiger partial charge in [-0.15, -0.1) is 0 Å². The molecule has 0 atom stereocenters. The molecule has 0 N–H and O–H groups in total. The summed E-state index contributed by atoms with van der Waals surface area (Å²) in [5, 5.41) is 0.630. The lowest BCUT2D eigenvalue weighted by atomic mass is 10.1. The molecule has 3 heterocycles. The van der Waals surface area contributed by atoms with Crippen LogP contribution in [0.2, 0.25) is 0 Å². The standard InChI is InChI=1S/C22H25N5O4S/c1-25-19-17(21(29)26(2)22(25)30)20(32-13-16(28)27-11-5-4-6-12-27)24-18(23-19)14-7-9-15(31-3)10-8-14/h7-10H,4-6,11-13H2,1-3H3. The molecule has 1 aromatic carbocycles. The maximum atomic E-state index is 12.9. The second-order valence-electron chi connectivity index (χ2n) is 7.72. The number of methoxy groups -OCH3 is 1. The van der Waals surface area contributed by atoms with Crippen LogP contribution in [-0.4, -0.2) is 55.9 Å². The zero-order chi connectivity index (χ0) is 22.8. The number of carbonyl (C=O) groups is 1. The number of benzene rings is 1. The summed E-state index contributed by atoms with van der Waals surface area (Å²) in [5.74, 6) is 1.25. The molecule has 1 fully saturated rings. The van der Waals surface area contributed by atoms with Gasteiger partial charge in [-0.3, -0.25) is 18.7 Å². The van der Waals surface area contributed by atoms with E-state index in [1.54, 1.807) is 26.3 Å². The van der Waals surface area contributed by atoms with Crippen molar-refractivity contribution in [3.63, 3.8) is 0 Å². The van der Waals surface area contributed by atoms with Crippen molar-refractivity contribution in [3.05, 3.63) is 45.1 Å². The van der Waals surface area contributed by atoms with Crippen LogP contribution in [0, 0.1) is 0 Å². The molecule has 0 aliphatic carbocycles. The van der Waals surface area contributed by atoms with E-state index in [1.165, 1.54) is 23.4 Å². The van der Waals surface area contributed by atoms with Gasteiger partial charge in [-0.2, -0.15) is 0 Å². The number of piperidine rings is 1. The molecule has 0 saturated carbocycles. The average Bonchev–Trinajstić information content (AvgIpc) is 2.84. The van der Waals surface area contributed by atoms with Gasteiger partial charge in [0.1, 0.15) is 16.2 Å². The summed E-state index contributed by atoms with van der Waals surface area (Å²) < 4.78 is 7.58. The first-order valence-corrected chi connectivity index (χ1v) is 11.4. The Morgan fingerprint density at radius 1 is 1.03 bits per heavy atom. The largest absolute Gasteiger partial charge is 0.497 e. The highest BCUT2D eigenvalue weighted by atomic mass is 32.2. The van der Waals surface area contributed by atoms with Crippen molar-refractivity contribution in [2.45, 2.75) is 24.3 Å². The lowest BCUT2D eigenvalue weighted by molar-refractivity contribution is -0.129. The van der Waals surface area contributed by atoms with Crippen LogP contribution in [0.25, 0.3) is 22.4 Å². The molecule has 0 spiro atoms. The fourth-order valence-electron chi connectivity index (χ4n) is 3.77. The molecule has 0 unspecified atom stereocenters. The van der Waals surface area contributed by atoms with E-state index in [1.807, 2.05) is 17.0 Å². The van der Waals surface area contributed by atoms with E-state index in [2.05, 4.69) is 9.97 Å². The first kappa shape index (κ1) is 22.1. The minimum atomic E-state index is -0.475. The van der Waals surface area contributed by atoms with Crippen molar-refractivity contribution in [1.29, 1.82) is 0 Å². The summed E-state index contributed by atoms with van der Waals surface area (Å²) in [6.07, 6.45) is 3.16. The number of carbonyl (C=O) groups excluding carboxylic acids is 1. The molecule has 168 valence electrons. The van der Waals surface area contributed by atoms with E-state index in [9.17, 15) is 14.4 Å². The van der Waals surface area contributed by atoms with Crippen LogP contribution in [0.4, 0.5) is 0 Å². The Balaban J connectivity index is 1.80. The van der Waals surface area contributed by atoms with Crippen LogP contribution in [0.3, 0.4) is 0 Å². The first-order chi connectivity index (χ1) is 15.4. The Bertz CT molecular complexity index is 1280. The van der Waals surface area contributed by atoms with Gasteiger partial charge in [0.15, 0.2) is 11.5 Å². The summed E-state index contributed by atoms with van der Waals surface area (Å²) in [7, 11) is 4.58. The Morgan fingerprint density at radius 2 is 1.72 bits per heavy atom. The molecule has 1 aliphatic rings. The van der Waals surface area contributed by atoms with Crippen LogP contribution < -0.4 is 16.0 Å². The molecule has 2 aromatic heterocycles. The highest BCUT2D eigenvalue weighted by Crippen LogP contribution is 2.27. The Labute approximate surface area is 189 Å². The number of aryl methyl sites for hydroxylation is 1. The van der Waals surface area contributed by atoms with E-state index < -0.39 is 11.2 Å². The van der Waals surface area contributed by atoms with E-state index in [4.69, 9.17) is 4.74 Å². The second-order valence-corrected chi connectivity index (χ2v) is 8.68. The van der Waals surface area contributed by atoms with Gasteiger partial charge in [-0.1, -0.05) is 11.8 Å². The van der Waals surface area contributed by atoms with Gasteiger partial charge in [0, 0.05) is 32.7 Å². The lowest BCUT2D eigenvalue weighted by Gasteiger charge is -2.26. The summed E-state index contributed by atoms with van der Waals surface area (Å²) in [6.45, 7) is 1.52. The maximum Gasteiger partial charge on any atom is 0.332 e. The fraction of sp³-hybridized carbons (Fsp3) is 0.409. The molecule has 4 rings (SSSR count). The minimum Gasteiger partial charge on any atom is -0.497 e. The van der Waals surface area contributed by atoms with Crippen LogP contribution in [0.15, 0.2) is 38.9 Å². The van der Waals surface area contributed by atoms with Crippen LogP contribution >= 0.6 is 11.8 Å². The van der Waals surface area contributed by atoms with E-state index in [0.717, 1.165) is 36.9 Å². The van der Waals surface area contributed by atoms with Gasteiger partial charge in [0.25, 0.3) is 5.56 Å². The summed E-state index contributed by atoms with van der Waals surface area (Å²) in [4.78, 5) is 49.2. The van der Waals surface area contributed by atoms with Crippen LogP contribution in [0.5, 0.6) is 5.75 Å². The molecule has 9 nitrogen and oxygen atoms in total. The molecular formula is C22H25N5O4S. The van der Waals surface area contributed by atoms with Gasteiger partial charge >= 0.3 is 5.69 Å². The summed E-state index contributed by atoms with van der Waals surface area (Å²) >= 11 is 1.21. The van der Waals surface area contributed by atoms with Crippen molar-refractivity contribution in [2.75, 3.05) is 26.0 Å². The van der Waals surface area contributed by atoms with Crippen LogP contribution in [0.1, 0.15) is 19.3 Å². The lowest BCUT2D eigenvalue weighted by Crippen LogP contribution is -2.38. The maximum absolute atomic E-state index is 12.9. The molecule has 1 aliphatic heterocycles. The Kier molecular flexibility index (Phi) is 6.31. The number of fused-ring (bicyclic) bond motifs is 1. The molecular weight excluding hydrogens is 430 g/mol. The quantitative estimate of drug-likeness (QED) is 0.427.